The minimum atomic E-state index is -2.02. The van der Waals surface area contributed by atoms with Crippen molar-refractivity contribution in [2.45, 2.75) is 62.2 Å². The van der Waals surface area contributed by atoms with Crippen LogP contribution in [0.2, 0.25) is 0 Å². The lowest BCUT2D eigenvalue weighted by Gasteiger charge is -2.12. The van der Waals surface area contributed by atoms with E-state index < -0.39 is 17.0 Å². The maximum Gasteiger partial charge on any atom is 0.355 e. The maximum absolute atomic E-state index is 11.6. The third kappa shape index (κ3) is 5.23. The molecule has 0 aliphatic heterocycles. The van der Waals surface area contributed by atoms with Crippen LogP contribution >= 0.6 is 11.3 Å². The highest BCUT2D eigenvalue weighted by atomic mass is 32.2. The smallest absolute Gasteiger partial charge is 0.355 e. The summed E-state index contributed by atoms with van der Waals surface area (Å²) in [5.41, 5.74) is 6.51. The van der Waals surface area contributed by atoms with E-state index in [2.05, 4.69) is 29.2 Å². The molecule has 196 valence electrons. The van der Waals surface area contributed by atoms with Crippen LogP contribution in [0.4, 0.5) is 0 Å². The first-order chi connectivity index (χ1) is 18.5. The van der Waals surface area contributed by atoms with Gasteiger partial charge in [-0.25, -0.2) is 18.7 Å². The Morgan fingerprint density at radius 2 is 1.84 bits per heavy atom. The highest BCUT2D eigenvalue weighted by Gasteiger charge is 2.29. The first kappa shape index (κ1) is 25.2. The Hall–Kier alpha value is -3.14. The van der Waals surface area contributed by atoms with Gasteiger partial charge in [-0.15, -0.1) is 11.3 Å². The Morgan fingerprint density at radius 1 is 1.08 bits per heavy atom. The van der Waals surface area contributed by atoms with Gasteiger partial charge in [-0.1, -0.05) is 43.2 Å². The monoisotopic (exact) mass is 547 g/mol. The topological polar surface area (TPSA) is 105 Å². The summed E-state index contributed by atoms with van der Waals surface area (Å²) >= 11 is -0.728. The van der Waals surface area contributed by atoms with E-state index in [1.165, 1.54) is 55.4 Å². The van der Waals surface area contributed by atoms with Crippen molar-refractivity contribution in [3.63, 3.8) is 0 Å². The Labute approximate surface area is 227 Å². The SMILES string of the molecule is O=C(O)c1csc(-n2nc(-c3cccc(C4CCCC4)c3)c(Cc3ccc(S(=O)O)cc3)c2CC2CC2)n1. The van der Waals surface area contributed by atoms with Crippen molar-refractivity contribution in [2.24, 2.45) is 5.92 Å². The molecule has 38 heavy (non-hydrogen) atoms. The van der Waals surface area contributed by atoms with Crippen LogP contribution in [0, 0.1) is 5.92 Å². The molecule has 1 atom stereocenters. The molecule has 1 unspecified atom stereocenters. The molecule has 9 heteroatoms. The van der Waals surface area contributed by atoms with Crippen LogP contribution in [-0.4, -0.2) is 34.6 Å². The van der Waals surface area contributed by atoms with Crippen LogP contribution in [0.5, 0.6) is 0 Å². The summed E-state index contributed by atoms with van der Waals surface area (Å²) < 4.78 is 22.8. The van der Waals surface area contributed by atoms with Crippen molar-refractivity contribution in [1.82, 2.24) is 14.8 Å². The predicted octanol–water partition coefficient (Wildman–Crippen LogP) is 6.48. The average Bonchev–Trinajstić information content (AvgIpc) is 3.28. The summed E-state index contributed by atoms with van der Waals surface area (Å²) in [5, 5.41) is 16.7. The lowest BCUT2D eigenvalue weighted by Crippen LogP contribution is -2.06. The molecule has 2 fully saturated rings. The molecular formula is C29H29N3O4S2. The van der Waals surface area contributed by atoms with Crippen LogP contribution in [0.1, 0.15) is 77.3 Å². The van der Waals surface area contributed by atoms with Crippen LogP contribution in [0.15, 0.2) is 58.8 Å². The molecule has 2 aliphatic carbocycles. The van der Waals surface area contributed by atoms with Crippen molar-refractivity contribution in [2.75, 3.05) is 0 Å². The van der Waals surface area contributed by atoms with Crippen molar-refractivity contribution in [1.29, 1.82) is 0 Å². The van der Waals surface area contributed by atoms with Crippen LogP contribution in [0.3, 0.4) is 0 Å². The van der Waals surface area contributed by atoms with E-state index in [1.807, 2.05) is 16.8 Å². The lowest BCUT2D eigenvalue weighted by atomic mass is 9.92. The van der Waals surface area contributed by atoms with Gasteiger partial charge in [0.05, 0.1) is 16.3 Å². The molecule has 0 bridgehead atoms. The minimum Gasteiger partial charge on any atom is -0.476 e. The van der Waals surface area contributed by atoms with E-state index in [1.54, 1.807) is 17.5 Å². The summed E-state index contributed by atoms with van der Waals surface area (Å²) in [6, 6.07) is 15.9. The number of rotatable bonds is 9. The minimum absolute atomic E-state index is 0.0248. The second-order valence-electron chi connectivity index (χ2n) is 10.3. The number of nitrogens with zero attached hydrogens (tertiary/aromatic N) is 3. The zero-order chi connectivity index (χ0) is 26.2. The number of aromatic nitrogens is 3. The average molecular weight is 548 g/mol. The number of thiazole rings is 1. The van der Waals surface area contributed by atoms with Crippen molar-refractivity contribution in [3.05, 3.63) is 82.0 Å². The number of carbonyl (C=O) groups is 1. The largest absolute Gasteiger partial charge is 0.476 e. The van der Waals surface area contributed by atoms with Crippen LogP contribution in [0.25, 0.3) is 16.4 Å². The standard InChI is InChI=1S/C29H29N3O4S2/c33-28(34)25-17-37-29(30-25)32-26(15-19-8-9-19)24(14-18-10-12-23(13-11-18)38(35)36)27(31-32)22-7-3-6-21(16-22)20-4-1-2-5-20/h3,6-7,10-13,16-17,19-20H,1-2,4-5,8-9,14-15H2,(H,33,34)(H,35,36). The van der Waals surface area contributed by atoms with Gasteiger partial charge in [0.1, 0.15) is 0 Å². The molecule has 0 spiro atoms. The fourth-order valence-corrected chi connectivity index (χ4v) is 6.59. The van der Waals surface area contributed by atoms with Gasteiger partial charge in [0.15, 0.2) is 16.8 Å². The van der Waals surface area contributed by atoms with E-state index in [4.69, 9.17) is 5.10 Å². The molecule has 2 aromatic heterocycles. The number of carboxylic acids is 1. The number of aromatic carboxylic acids is 1. The zero-order valence-corrected chi connectivity index (χ0v) is 22.5. The van der Waals surface area contributed by atoms with Crippen molar-refractivity contribution in [3.8, 4) is 16.4 Å². The highest BCUT2D eigenvalue weighted by molar-refractivity contribution is 7.79. The third-order valence-corrected chi connectivity index (χ3v) is 9.15. The summed E-state index contributed by atoms with van der Waals surface area (Å²) in [4.78, 5) is 16.3. The van der Waals surface area contributed by atoms with Crippen LogP contribution in [-0.2, 0) is 23.9 Å². The van der Waals surface area contributed by atoms with Gasteiger partial charge in [0.2, 0.25) is 5.13 Å². The molecule has 4 aromatic rings. The van der Waals surface area contributed by atoms with E-state index in [0.29, 0.717) is 28.3 Å². The quantitative estimate of drug-likeness (QED) is 0.233. The molecule has 6 rings (SSSR count). The second-order valence-corrected chi connectivity index (χ2v) is 12.1. The summed E-state index contributed by atoms with van der Waals surface area (Å²) in [6.07, 6.45) is 8.78. The molecule has 7 nitrogen and oxygen atoms in total. The van der Waals surface area contributed by atoms with Gasteiger partial charge in [-0.2, -0.15) is 5.10 Å². The van der Waals surface area contributed by atoms with Crippen LogP contribution < -0.4 is 0 Å². The molecule has 2 N–H and O–H groups in total. The van der Waals surface area contributed by atoms with Gasteiger partial charge in [0.25, 0.3) is 0 Å². The highest BCUT2D eigenvalue weighted by Crippen LogP contribution is 2.40. The molecule has 2 saturated carbocycles. The van der Waals surface area contributed by atoms with Gasteiger partial charge >= 0.3 is 5.97 Å². The predicted molar refractivity (Wildman–Crippen MR) is 148 cm³/mol. The lowest BCUT2D eigenvalue weighted by molar-refractivity contribution is 0.0691. The second kappa shape index (κ2) is 10.6. The Kier molecular flexibility index (Phi) is 6.99. The fraction of sp³-hybridized carbons (Fsp3) is 0.345. The number of carboxylic acid groups (broad SMARTS) is 1. The molecule has 0 amide bonds. The molecule has 2 heterocycles. The Bertz CT molecular complexity index is 1500. The molecule has 2 aliphatic rings. The molecule has 0 radical (unpaired) electrons. The first-order valence-corrected chi connectivity index (χ1v) is 15.0. The van der Waals surface area contributed by atoms with Gasteiger partial charge in [-0.3, -0.25) is 0 Å². The number of benzene rings is 2. The first-order valence-electron chi connectivity index (χ1n) is 13.1. The fourth-order valence-electron chi connectivity index (χ4n) is 5.45. The summed E-state index contributed by atoms with van der Waals surface area (Å²) in [6.45, 7) is 0. The molecular weight excluding hydrogens is 518 g/mol. The Balaban J connectivity index is 1.48. The van der Waals surface area contributed by atoms with Gasteiger partial charge in [0, 0.05) is 22.9 Å². The third-order valence-electron chi connectivity index (χ3n) is 7.65. The maximum atomic E-state index is 11.6. The number of hydrogen-bond donors (Lipinski definition) is 2. The van der Waals surface area contributed by atoms with E-state index in [9.17, 15) is 18.7 Å². The number of hydrogen-bond acceptors (Lipinski definition) is 5. The van der Waals surface area contributed by atoms with Gasteiger partial charge in [-0.05, 0) is 73.3 Å². The normalized spacial score (nSPS) is 16.7. The summed E-state index contributed by atoms with van der Waals surface area (Å²) in [7, 11) is 0. The zero-order valence-electron chi connectivity index (χ0n) is 20.9. The molecule has 0 saturated heterocycles. The molecule has 2 aromatic carbocycles. The van der Waals surface area contributed by atoms with E-state index >= 15 is 0 Å². The summed E-state index contributed by atoms with van der Waals surface area (Å²) in [5.74, 6) is 0.116. The van der Waals surface area contributed by atoms with Gasteiger partial charge < -0.3 is 9.66 Å². The van der Waals surface area contributed by atoms with Crippen molar-refractivity contribution < 1.29 is 18.7 Å². The van der Waals surface area contributed by atoms with E-state index in [-0.39, 0.29) is 5.69 Å². The van der Waals surface area contributed by atoms with E-state index in [0.717, 1.165) is 34.5 Å². The Morgan fingerprint density at radius 3 is 2.50 bits per heavy atom. The van der Waals surface area contributed by atoms with Crippen molar-refractivity contribution >= 4 is 28.4 Å².